The molecule has 13 heavy (non-hydrogen) atoms. The average molecular weight is 181 g/mol. The van der Waals surface area contributed by atoms with Crippen molar-refractivity contribution in [2.45, 2.75) is 0 Å². The first kappa shape index (κ1) is 9.74. The predicted molar refractivity (Wildman–Crippen MR) is 51.0 cm³/mol. The summed E-state index contributed by atoms with van der Waals surface area (Å²) in [5, 5.41) is 12.0. The number of hydrogen-bond donors (Lipinski definition) is 2. The van der Waals surface area contributed by atoms with Crippen LogP contribution < -0.4 is 5.32 Å². The fraction of sp³-hybridized carbons (Fsp3) is 0.200. The first-order valence-corrected chi connectivity index (χ1v) is 4.03. The Morgan fingerprint density at radius 2 is 2.31 bits per heavy atom. The first-order chi connectivity index (χ1) is 6.24. The molecule has 0 radical (unpaired) electrons. The molecule has 0 amide bonds. The highest BCUT2D eigenvalue weighted by atomic mass is 19.1. The Morgan fingerprint density at radius 3 is 2.92 bits per heavy atom. The molecule has 0 fully saturated rings. The van der Waals surface area contributed by atoms with Crippen LogP contribution in [0.3, 0.4) is 0 Å². The third kappa shape index (κ3) is 2.87. The topological polar surface area (TPSA) is 32.3 Å². The van der Waals surface area contributed by atoms with Gasteiger partial charge in [-0.2, -0.15) is 0 Å². The normalized spacial score (nSPS) is 10.9. The number of benzene rings is 1. The number of phenolic OH excluding ortho intramolecular Hbond substituents is 1. The molecule has 0 aliphatic rings. The van der Waals surface area contributed by atoms with Crippen molar-refractivity contribution in [2.75, 3.05) is 13.6 Å². The fourth-order valence-corrected chi connectivity index (χ4v) is 0.946. The minimum atomic E-state index is -0.592. The number of nitrogens with one attached hydrogen (secondary N) is 1. The second-order valence-electron chi connectivity index (χ2n) is 2.67. The van der Waals surface area contributed by atoms with Gasteiger partial charge in [0.1, 0.15) is 0 Å². The molecular formula is C10H12FNO. The Balaban J connectivity index is 2.73. The monoisotopic (exact) mass is 181 g/mol. The van der Waals surface area contributed by atoms with Gasteiger partial charge >= 0.3 is 0 Å². The van der Waals surface area contributed by atoms with Gasteiger partial charge in [0.25, 0.3) is 0 Å². The second-order valence-corrected chi connectivity index (χ2v) is 2.67. The van der Waals surface area contributed by atoms with Gasteiger partial charge in [-0.05, 0) is 24.7 Å². The molecule has 0 unspecified atom stereocenters. The van der Waals surface area contributed by atoms with Crippen LogP contribution in [0.4, 0.5) is 4.39 Å². The van der Waals surface area contributed by atoms with E-state index < -0.39 is 5.82 Å². The van der Waals surface area contributed by atoms with E-state index in [4.69, 9.17) is 5.11 Å². The molecule has 0 bridgehead atoms. The quantitative estimate of drug-likeness (QED) is 0.744. The lowest BCUT2D eigenvalue weighted by molar-refractivity contribution is 0.432. The number of halogens is 1. The van der Waals surface area contributed by atoms with Gasteiger partial charge in [-0.3, -0.25) is 0 Å². The zero-order chi connectivity index (χ0) is 9.68. The fourth-order valence-electron chi connectivity index (χ4n) is 0.946. The molecule has 2 N–H and O–H groups in total. The minimum Gasteiger partial charge on any atom is -0.505 e. The lowest BCUT2D eigenvalue weighted by Crippen LogP contribution is -2.03. The van der Waals surface area contributed by atoms with Gasteiger partial charge in [-0.1, -0.05) is 18.2 Å². The van der Waals surface area contributed by atoms with Crippen LogP contribution in [-0.2, 0) is 0 Å². The molecule has 0 atom stereocenters. The molecular weight excluding hydrogens is 169 g/mol. The molecule has 1 aromatic rings. The van der Waals surface area contributed by atoms with Crippen LogP contribution in [-0.4, -0.2) is 18.7 Å². The average Bonchev–Trinajstić information content (AvgIpc) is 2.12. The highest BCUT2D eigenvalue weighted by Crippen LogP contribution is 2.17. The van der Waals surface area contributed by atoms with Gasteiger partial charge in [0.2, 0.25) is 0 Å². The smallest absolute Gasteiger partial charge is 0.164 e. The lowest BCUT2D eigenvalue weighted by Gasteiger charge is -1.96. The van der Waals surface area contributed by atoms with Gasteiger partial charge in [-0.15, -0.1) is 0 Å². The molecule has 1 rings (SSSR count). The van der Waals surface area contributed by atoms with E-state index in [1.165, 1.54) is 12.1 Å². The summed E-state index contributed by atoms with van der Waals surface area (Å²) in [5.41, 5.74) is 0.786. The van der Waals surface area contributed by atoms with Crippen molar-refractivity contribution in [3.05, 3.63) is 35.7 Å². The van der Waals surface area contributed by atoms with E-state index in [0.29, 0.717) is 0 Å². The number of likely N-dealkylation sites (N-methyl/N-ethyl adjacent to an activating group) is 1. The number of aromatic hydroxyl groups is 1. The van der Waals surface area contributed by atoms with Crippen LogP contribution in [0.2, 0.25) is 0 Å². The van der Waals surface area contributed by atoms with Gasteiger partial charge in [0.05, 0.1) is 0 Å². The summed E-state index contributed by atoms with van der Waals surface area (Å²) in [6.45, 7) is 0.748. The van der Waals surface area contributed by atoms with Crippen molar-refractivity contribution in [1.82, 2.24) is 5.32 Å². The third-order valence-electron chi connectivity index (χ3n) is 1.60. The van der Waals surface area contributed by atoms with E-state index >= 15 is 0 Å². The number of phenols is 1. The highest BCUT2D eigenvalue weighted by molar-refractivity contribution is 5.51. The molecule has 0 saturated carbocycles. The third-order valence-corrected chi connectivity index (χ3v) is 1.60. The Kier molecular flexibility index (Phi) is 3.46. The van der Waals surface area contributed by atoms with E-state index in [1.54, 1.807) is 6.07 Å². The van der Waals surface area contributed by atoms with Crippen molar-refractivity contribution in [1.29, 1.82) is 0 Å². The van der Waals surface area contributed by atoms with Crippen molar-refractivity contribution >= 4 is 6.08 Å². The van der Waals surface area contributed by atoms with Crippen molar-refractivity contribution < 1.29 is 9.50 Å². The molecule has 1 aromatic carbocycles. The van der Waals surface area contributed by atoms with Crippen LogP contribution in [0.25, 0.3) is 6.08 Å². The van der Waals surface area contributed by atoms with Crippen LogP contribution in [0.1, 0.15) is 5.56 Å². The van der Waals surface area contributed by atoms with Crippen LogP contribution in [0.5, 0.6) is 5.75 Å². The Morgan fingerprint density at radius 1 is 1.54 bits per heavy atom. The second kappa shape index (κ2) is 4.62. The van der Waals surface area contributed by atoms with E-state index in [1.807, 2.05) is 19.2 Å². The Bertz CT molecular complexity index is 310. The van der Waals surface area contributed by atoms with E-state index in [9.17, 15) is 4.39 Å². The molecule has 0 aliphatic carbocycles. The lowest BCUT2D eigenvalue weighted by atomic mass is 10.2. The maximum absolute atomic E-state index is 12.6. The van der Waals surface area contributed by atoms with E-state index in [-0.39, 0.29) is 5.75 Å². The molecule has 0 aliphatic heterocycles. The SMILES string of the molecule is CNCC=Cc1ccc(F)c(O)c1. The summed E-state index contributed by atoms with van der Waals surface area (Å²) in [4.78, 5) is 0. The molecule has 3 heteroatoms. The zero-order valence-electron chi connectivity index (χ0n) is 7.42. The number of hydrogen-bond acceptors (Lipinski definition) is 2. The summed E-state index contributed by atoms with van der Waals surface area (Å²) >= 11 is 0. The summed E-state index contributed by atoms with van der Waals surface area (Å²) in [6.07, 6.45) is 3.71. The largest absolute Gasteiger partial charge is 0.505 e. The molecule has 0 saturated heterocycles. The summed E-state index contributed by atoms with van der Waals surface area (Å²) in [7, 11) is 1.84. The molecule has 2 nitrogen and oxygen atoms in total. The predicted octanol–water partition coefficient (Wildman–Crippen LogP) is 1.76. The Hall–Kier alpha value is -1.35. The first-order valence-electron chi connectivity index (χ1n) is 4.03. The van der Waals surface area contributed by atoms with Crippen LogP contribution in [0, 0.1) is 5.82 Å². The van der Waals surface area contributed by atoms with Crippen molar-refractivity contribution in [2.24, 2.45) is 0 Å². The van der Waals surface area contributed by atoms with Crippen molar-refractivity contribution in [3.63, 3.8) is 0 Å². The zero-order valence-corrected chi connectivity index (χ0v) is 7.42. The van der Waals surface area contributed by atoms with Crippen LogP contribution >= 0.6 is 0 Å². The van der Waals surface area contributed by atoms with Gasteiger partial charge in [-0.25, -0.2) is 4.39 Å². The molecule has 0 heterocycles. The highest BCUT2D eigenvalue weighted by Gasteiger charge is 1.97. The molecule has 70 valence electrons. The summed E-state index contributed by atoms with van der Waals surface area (Å²) < 4.78 is 12.6. The molecule has 0 spiro atoms. The molecule has 0 aromatic heterocycles. The Labute approximate surface area is 76.7 Å². The summed E-state index contributed by atoms with van der Waals surface area (Å²) in [5.74, 6) is -0.905. The maximum atomic E-state index is 12.6. The van der Waals surface area contributed by atoms with Crippen LogP contribution in [0.15, 0.2) is 24.3 Å². The number of rotatable bonds is 3. The van der Waals surface area contributed by atoms with Gasteiger partial charge in [0, 0.05) is 6.54 Å². The van der Waals surface area contributed by atoms with E-state index in [2.05, 4.69) is 5.32 Å². The standard InChI is InChI=1S/C10H12FNO/c1-12-6-2-3-8-4-5-9(11)10(13)7-8/h2-5,7,12-13H,6H2,1H3. The van der Waals surface area contributed by atoms with Gasteiger partial charge < -0.3 is 10.4 Å². The van der Waals surface area contributed by atoms with Gasteiger partial charge in [0.15, 0.2) is 11.6 Å². The van der Waals surface area contributed by atoms with Crippen molar-refractivity contribution in [3.8, 4) is 5.75 Å². The van der Waals surface area contributed by atoms with E-state index in [0.717, 1.165) is 12.1 Å². The maximum Gasteiger partial charge on any atom is 0.164 e. The summed E-state index contributed by atoms with van der Waals surface area (Å²) in [6, 6.07) is 4.25. The minimum absolute atomic E-state index is 0.313.